The van der Waals surface area contributed by atoms with Crippen molar-refractivity contribution in [2.24, 2.45) is 0 Å². The third-order valence-electron chi connectivity index (χ3n) is 5.99. The first-order valence-electron chi connectivity index (χ1n) is 11.1. The number of morpholine rings is 1. The van der Waals surface area contributed by atoms with E-state index in [1.54, 1.807) is 0 Å². The largest absolute Gasteiger partial charge is 0.378 e. The van der Waals surface area contributed by atoms with Gasteiger partial charge in [0.05, 0.1) is 24.4 Å². The first-order chi connectivity index (χ1) is 15.3. The first kappa shape index (κ1) is 20.0. The molecule has 162 valence electrons. The van der Waals surface area contributed by atoms with E-state index in [4.69, 9.17) is 14.7 Å². The lowest BCUT2D eigenvalue weighted by molar-refractivity contribution is 0.122. The molecule has 8 nitrogen and oxygen atoms in total. The predicted molar refractivity (Wildman–Crippen MR) is 123 cm³/mol. The highest BCUT2D eigenvalue weighted by atomic mass is 16.5. The number of nitrogens with zero attached hydrogens (tertiary/aromatic N) is 4. The lowest BCUT2D eigenvalue weighted by Gasteiger charge is -2.27. The van der Waals surface area contributed by atoms with Crippen molar-refractivity contribution < 1.29 is 4.74 Å². The van der Waals surface area contributed by atoms with Crippen LogP contribution in [0.3, 0.4) is 0 Å². The summed E-state index contributed by atoms with van der Waals surface area (Å²) in [6.07, 6.45) is 2.52. The molecule has 0 bridgehead atoms. The van der Waals surface area contributed by atoms with Crippen LogP contribution in [0, 0.1) is 0 Å². The maximum Gasteiger partial charge on any atom is 0.263 e. The van der Waals surface area contributed by atoms with Crippen LogP contribution in [-0.4, -0.2) is 72.3 Å². The van der Waals surface area contributed by atoms with Crippen molar-refractivity contribution in [2.75, 3.05) is 62.7 Å². The molecule has 4 heterocycles. The van der Waals surface area contributed by atoms with Crippen molar-refractivity contribution in [2.45, 2.75) is 12.8 Å². The van der Waals surface area contributed by atoms with Gasteiger partial charge in [-0.25, -0.2) is 4.98 Å². The Balaban J connectivity index is 1.50. The molecule has 0 atom stereocenters. The topological polar surface area (TPSA) is 86.4 Å². The molecule has 2 N–H and O–H groups in total. The van der Waals surface area contributed by atoms with Crippen LogP contribution >= 0.6 is 0 Å². The molecule has 1 aromatic carbocycles. The molecule has 2 aliphatic heterocycles. The lowest BCUT2D eigenvalue weighted by atomic mass is 10.1. The highest BCUT2D eigenvalue weighted by molar-refractivity contribution is 5.83. The molecule has 0 spiro atoms. The fourth-order valence-corrected chi connectivity index (χ4v) is 4.30. The van der Waals surface area contributed by atoms with Crippen molar-refractivity contribution in [3.8, 4) is 11.3 Å². The fourth-order valence-electron chi connectivity index (χ4n) is 4.30. The summed E-state index contributed by atoms with van der Waals surface area (Å²) in [6.45, 7) is 6.65. The zero-order valence-corrected chi connectivity index (χ0v) is 17.6. The first-order valence-corrected chi connectivity index (χ1v) is 11.1. The van der Waals surface area contributed by atoms with E-state index in [9.17, 15) is 4.79 Å². The lowest BCUT2D eigenvalue weighted by Crippen LogP contribution is -2.38. The van der Waals surface area contributed by atoms with Gasteiger partial charge in [0, 0.05) is 31.6 Å². The highest BCUT2D eigenvalue weighted by Gasteiger charge is 2.20. The number of aromatic nitrogens is 3. The zero-order chi connectivity index (χ0) is 21.0. The van der Waals surface area contributed by atoms with Gasteiger partial charge in [-0.1, -0.05) is 24.3 Å². The molecule has 2 saturated heterocycles. The second-order valence-corrected chi connectivity index (χ2v) is 8.08. The second-order valence-electron chi connectivity index (χ2n) is 8.08. The molecular weight excluding hydrogens is 392 g/mol. The van der Waals surface area contributed by atoms with Crippen molar-refractivity contribution >= 4 is 22.7 Å². The van der Waals surface area contributed by atoms with E-state index in [2.05, 4.69) is 20.1 Å². The molecule has 0 amide bonds. The van der Waals surface area contributed by atoms with E-state index >= 15 is 0 Å². The van der Waals surface area contributed by atoms with Gasteiger partial charge in [0.2, 0.25) is 5.95 Å². The Morgan fingerprint density at radius 3 is 2.65 bits per heavy atom. The number of rotatable bonds is 6. The minimum absolute atomic E-state index is 0.178. The minimum atomic E-state index is -0.178. The van der Waals surface area contributed by atoms with Gasteiger partial charge in [-0.2, -0.15) is 4.98 Å². The molecule has 2 aliphatic rings. The molecule has 2 aromatic heterocycles. The van der Waals surface area contributed by atoms with Gasteiger partial charge >= 0.3 is 0 Å². The Labute approximate surface area is 181 Å². The standard InChI is InChI=1S/C23H28N6O2/c30-22-20(19-8-7-17-5-1-2-6-18(17)25-19)21(24-9-12-28-10-3-4-11-28)26-23(27-22)29-13-15-31-16-14-29/h1-2,5-8H,3-4,9-16H2,(H2,24,26,27,30). The zero-order valence-electron chi connectivity index (χ0n) is 17.6. The van der Waals surface area contributed by atoms with Crippen LogP contribution in [0.2, 0.25) is 0 Å². The molecule has 8 heteroatoms. The van der Waals surface area contributed by atoms with Gasteiger partial charge in [-0.3, -0.25) is 9.78 Å². The van der Waals surface area contributed by atoms with Crippen molar-refractivity contribution in [1.29, 1.82) is 0 Å². The smallest absolute Gasteiger partial charge is 0.263 e. The molecule has 2 fully saturated rings. The summed E-state index contributed by atoms with van der Waals surface area (Å²) in [5.41, 5.74) is 1.80. The van der Waals surface area contributed by atoms with E-state index in [-0.39, 0.29) is 5.56 Å². The SMILES string of the molecule is O=c1[nH]c(N2CCOCC2)nc(NCCN2CCCC2)c1-c1ccc2ccccc2n1. The van der Waals surface area contributed by atoms with Crippen LogP contribution < -0.4 is 15.8 Å². The molecule has 31 heavy (non-hydrogen) atoms. The summed E-state index contributed by atoms with van der Waals surface area (Å²) < 4.78 is 5.44. The van der Waals surface area contributed by atoms with Crippen molar-refractivity contribution in [1.82, 2.24) is 19.9 Å². The monoisotopic (exact) mass is 420 g/mol. The molecule has 3 aromatic rings. The van der Waals surface area contributed by atoms with Gasteiger partial charge in [-0.05, 0) is 38.1 Å². The average Bonchev–Trinajstić information content (AvgIpc) is 3.33. The molecule has 0 aliphatic carbocycles. The number of benzene rings is 1. The van der Waals surface area contributed by atoms with Crippen LogP contribution in [0.25, 0.3) is 22.2 Å². The maximum atomic E-state index is 13.2. The van der Waals surface area contributed by atoms with E-state index < -0.39 is 0 Å². The number of pyridine rings is 1. The van der Waals surface area contributed by atoms with Gasteiger partial charge < -0.3 is 19.9 Å². The quantitative estimate of drug-likeness (QED) is 0.633. The number of nitrogens with one attached hydrogen (secondary N) is 2. The Morgan fingerprint density at radius 1 is 1.00 bits per heavy atom. The number of aromatic amines is 1. The van der Waals surface area contributed by atoms with Crippen LogP contribution in [0.5, 0.6) is 0 Å². The van der Waals surface area contributed by atoms with E-state index in [1.807, 2.05) is 36.4 Å². The summed E-state index contributed by atoms with van der Waals surface area (Å²) in [7, 11) is 0. The average molecular weight is 421 g/mol. The maximum absolute atomic E-state index is 13.2. The minimum Gasteiger partial charge on any atom is -0.378 e. The van der Waals surface area contributed by atoms with Crippen molar-refractivity contribution in [3.63, 3.8) is 0 Å². The fraction of sp³-hybridized carbons (Fsp3) is 0.435. The molecule has 5 rings (SSSR count). The molecule has 0 radical (unpaired) electrons. The van der Waals surface area contributed by atoms with E-state index in [0.29, 0.717) is 49.3 Å². The predicted octanol–water partition coefficient (Wildman–Crippen LogP) is 2.33. The number of ether oxygens (including phenoxy) is 1. The number of likely N-dealkylation sites (tertiary alicyclic amines) is 1. The van der Waals surface area contributed by atoms with Crippen molar-refractivity contribution in [3.05, 3.63) is 46.8 Å². The number of hydrogen-bond donors (Lipinski definition) is 2. The Kier molecular flexibility index (Phi) is 5.82. The summed E-state index contributed by atoms with van der Waals surface area (Å²) in [5, 5.41) is 4.48. The Bertz CT molecular complexity index is 1100. The summed E-state index contributed by atoms with van der Waals surface area (Å²) in [6, 6.07) is 11.8. The summed E-state index contributed by atoms with van der Waals surface area (Å²) >= 11 is 0. The van der Waals surface area contributed by atoms with Crippen LogP contribution in [0.15, 0.2) is 41.2 Å². The van der Waals surface area contributed by atoms with E-state index in [1.165, 1.54) is 12.8 Å². The van der Waals surface area contributed by atoms with Gasteiger partial charge in [0.1, 0.15) is 11.4 Å². The van der Waals surface area contributed by atoms with Crippen LogP contribution in [-0.2, 0) is 4.74 Å². The third-order valence-corrected chi connectivity index (χ3v) is 5.99. The second kappa shape index (κ2) is 9.03. The summed E-state index contributed by atoms with van der Waals surface area (Å²) in [4.78, 5) is 30.3. The van der Waals surface area contributed by atoms with Crippen LogP contribution in [0.1, 0.15) is 12.8 Å². The third kappa shape index (κ3) is 4.40. The number of fused-ring (bicyclic) bond motifs is 1. The van der Waals surface area contributed by atoms with Gasteiger partial charge in [0.15, 0.2) is 0 Å². The number of para-hydroxylation sites is 1. The molecular formula is C23H28N6O2. The van der Waals surface area contributed by atoms with Gasteiger partial charge in [-0.15, -0.1) is 0 Å². The van der Waals surface area contributed by atoms with Gasteiger partial charge in [0.25, 0.3) is 5.56 Å². The van der Waals surface area contributed by atoms with E-state index in [0.717, 1.165) is 37.1 Å². The number of H-pyrrole nitrogens is 1. The Hall–Kier alpha value is -2.97. The molecule has 0 saturated carbocycles. The number of hydrogen-bond acceptors (Lipinski definition) is 7. The normalized spacial score (nSPS) is 17.4. The highest BCUT2D eigenvalue weighted by Crippen LogP contribution is 2.25. The summed E-state index contributed by atoms with van der Waals surface area (Å²) in [5.74, 6) is 1.17. The Morgan fingerprint density at radius 2 is 1.81 bits per heavy atom. The molecule has 0 unspecified atom stereocenters. The van der Waals surface area contributed by atoms with Crippen LogP contribution in [0.4, 0.5) is 11.8 Å². The number of anilines is 2.